The number of hydrogen-bond donors (Lipinski definition) is 3. The Balaban J connectivity index is 1.61. The van der Waals surface area contributed by atoms with Crippen molar-refractivity contribution in [1.29, 1.82) is 0 Å². The number of hydrogen-bond acceptors (Lipinski definition) is 8. The number of rotatable bonds is 7. The summed E-state index contributed by atoms with van der Waals surface area (Å²) in [4.78, 5) is 55.9. The minimum Gasteiger partial charge on any atom is -0.508 e. The van der Waals surface area contributed by atoms with E-state index in [4.69, 9.17) is 0 Å². The molecule has 2 atom stereocenters. The van der Waals surface area contributed by atoms with E-state index in [2.05, 4.69) is 20.4 Å². The van der Waals surface area contributed by atoms with Gasteiger partial charge in [0.2, 0.25) is 5.91 Å². The van der Waals surface area contributed by atoms with Crippen molar-refractivity contribution in [2.45, 2.75) is 18.5 Å². The number of nitrogens with one attached hydrogen (secondary N) is 2. The van der Waals surface area contributed by atoms with Gasteiger partial charge in [0.15, 0.2) is 10.8 Å². The summed E-state index contributed by atoms with van der Waals surface area (Å²) in [6.45, 7) is 0. The largest absolute Gasteiger partial charge is 0.508 e. The fourth-order valence-corrected chi connectivity index (χ4v) is 4.22. The number of imide groups is 1. The molecule has 1 saturated heterocycles. The lowest BCUT2D eigenvalue weighted by molar-refractivity contribution is -0.134. The van der Waals surface area contributed by atoms with E-state index in [9.17, 15) is 24.3 Å². The van der Waals surface area contributed by atoms with Gasteiger partial charge < -0.3 is 20.5 Å². The molecule has 2 unspecified atom stereocenters. The molecule has 1 aromatic heterocycles. The van der Waals surface area contributed by atoms with Crippen molar-refractivity contribution in [3.05, 3.63) is 76.8 Å². The molecule has 4 rings (SSSR count). The highest BCUT2D eigenvalue weighted by Crippen LogP contribution is 2.27. The second-order valence-corrected chi connectivity index (χ2v) is 8.26. The Kier molecular flexibility index (Phi) is 6.55. The summed E-state index contributed by atoms with van der Waals surface area (Å²) in [5.74, 6) is -1.86. The molecule has 3 N–H and O–H groups in total. The number of phenols is 1. The van der Waals surface area contributed by atoms with Gasteiger partial charge in [-0.3, -0.25) is 9.59 Å². The summed E-state index contributed by atoms with van der Waals surface area (Å²) in [5, 5.41) is 16.3. The van der Waals surface area contributed by atoms with Crippen LogP contribution in [0.3, 0.4) is 0 Å². The summed E-state index contributed by atoms with van der Waals surface area (Å²) in [5.41, 5.74) is 1.25. The third-order valence-corrected chi connectivity index (χ3v) is 5.97. The van der Waals surface area contributed by atoms with Crippen LogP contribution >= 0.6 is 11.3 Å². The standard InChI is InChI=1S/C23H20N4O6S/c1-33-21(31)16-12-34-22(24-16)26-19(29)17(11-13-5-3-2-4-6-13)27-20(30)18(25-23(27)32)14-7-9-15(28)10-8-14/h2-10,12,17-18,28H,11H2,1H3,(H,25,32)(H,24,26,29). The van der Waals surface area contributed by atoms with E-state index in [1.807, 2.05) is 6.07 Å². The zero-order chi connectivity index (χ0) is 24.2. The number of anilines is 1. The molecule has 1 aliphatic rings. The number of ether oxygens (including phenoxy) is 1. The highest BCUT2D eigenvalue weighted by atomic mass is 32.1. The molecule has 2 heterocycles. The molecule has 174 valence electrons. The molecule has 1 fully saturated rings. The molecule has 10 nitrogen and oxygen atoms in total. The Labute approximate surface area is 198 Å². The number of carbonyl (C=O) groups excluding carboxylic acids is 4. The van der Waals surface area contributed by atoms with Gasteiger partial charge in [-0.2, -0.15) is 0 Å². The lowest BCUT2D eigenvalue weighted by Crippen LogP contribution is -2.49. The van der Waals surface area contributed by atoms with Crippen LogP contribution in [0.25, 0.3) is 0 Å². The van der Waals surface area contributed by atoms with Gasteiger partial charge in [-0.15, -0.1) is 11.3 Å². The van der Waals surface area contributed by atoms with Crippen LogP contribution in [0.5, 0.6) is 5.75 Å². The van der Waals surface area contributed by atoms with Crippen molar-refractivity contribution >= 4 is 40.3 Å². The molecule has 0 bridgehead atoms. The molecular formula is C23H20N4O6S. The smallest absolute Gasteiger partial charge is 0.357 e. The third kappa shape index (κ3) is 4.74. The molecular weight excluding hydrogens is 460 g/mol. The fourth-order valence-electron chi connectivity index (χ4n) is 3.54. The average Bonchev–Trinajstić information content (AvgIpc) is 3.42. The SMILES string of the molecule is COC(=O)c1csc(NC(=O)C(Cc2ccccc2)N2C(=O)NC(c3ccc(O)cc3)C2=O)n1. The first kappa shape index (κ1) is 22.9. The second kappa shape index (κ2) is 9.71. The number of aromatic nitrogens is 1. The van der Waals surface area contributed by atoms with E-state index in [1.54, 1.807) is 24.3 Å². The molecule has 0 spiro atoms. The monoisotopic (exact) mass is 480 g/mol. The Morgan fingerprint density at radius 3 is 2.56 bits per heavy atom. The fraction of sp³-hybridized carbons (Fsp3) is 0.174. The third-order valence-electron chi connectivity index (χ3n) is 5.21. The number of thiazole rings is 1. The second-order valence-electron chi connectivity index (χ2n) is 7.41. The quantitative estimate of drug-likeness (QED) is 0.349. The Morgan fingerprint density at radius 1 is 1.18 bits per heavy atom. The van der Waals surface area contributed by atoms with Gasteiger partial charge in [-0.05, 0) is 23.3 Å². The molecule has 2 aromatic carbocycles. The van der Waals surface area contributed by atoms with Crippen LogP contribution in [0.15, 0.2) is 60.0 Å². The number of nitrogens with zero attached hydrogens (tertiary/aromatic N) is 2. The minimum absolute atomic E-state index is 0.0217. The zero-order valence-corrected chi connectivity index (χ0v) is 18.7. The van der Waals surface area contributed by atoms with Crippen LogP contribution in [-0.2, 0) is 20.7 Å². The molecule has 11 heteroatoms. The summed E-state index contributed by atoms with van der Waals surface area (Å²) >= 11 is 1.02. The van der Waals surface area contributed by atoms with Crippen molar-refractivity contribution in [2.75, 3.05) is 12.4 Å². The molecule has 0 aliphatic carbocycles. The summed E-state index contributed by atoms with van der Waals surface area (Å²) in [6, 6.07) is 12.0. The topological polar surface area (TPSA) is 138 Å². The van der Waals surface area contributed by atoms with Gasteiger partial charge in [0.25, 0.3) is 5.91 Å². The Morgan fingerprint density at radius 2 is 1.88 bits per heavy atom. The van der Waals surface area contributed by atoms with Gasteiger partial charge >= 0.3 is 12.0 Å². The van der Waals surface area contributed by atoms with Crippen LogP contribution in [-0.4, -0.2) is 52.0 Å². The van der Waals surface area contributed by atoms with Crippen LogP contribution < -0.4 is 10.6 Å². The average molecular weight is 481 g/mol. The number of phenolic OH excluding ortho intramolecular Hbond substituents is 1. The maximum atomic E-state index is 13.3. The number of urea groups is 1. The van der Waals surface area contributed by atoms with E-state index in [1.165, 1.54) is 36.8 Å². The molecule has 3 aromatic rings. The summed E-state index contributed by atoms with van der Waals surface area (Å²) in [7, 11) is 1.22. The van der Waals surface area contributed by atoms with Gasteiger partial charge in [0, 0.05) is 11.8 Å². The van der Waals surface area contributed by atoms with Crippen molar-refractivity contribution in [2.24, 2.45) is 0 Å². The zero-order valence-electron chi connectivity index (χ0n) is 17.9. The molecule has 0 saturated carbocycles. The predicted molar refractivity (Wildman–Crippen MR) is 122 cm³/mol. The first-order valence-electron chi connectivity index (χ1n) is 10.2. The van der Waals surface area contributed by atoms with Crippen molar-refractivity contribution in [1.82, 2.24) is 15.2 Å². The van der Waals surface area contributed by atoms with Gasteiger partial charge in [-0.25, -0.2) is 19.5 Å². The summed E-state index contributed by atoms with van der Waals surface area (Å²) < 4.78 is 4.62. The van der Waals surface area contributed by atoms with Gasteiger partial charge in [0.1, 0.15) is 17.8 Å². The molecule has 1 aliphatic heterocycles. The van der Waals surface area contributed by atoms with E-state index in [-0.39, 0.29) is 23.0 Å². The first-order valence-corrected chi connectivity index (χ1v) is 11.1. The number of carbonyl (C=O) groups is 4. The van der Waals surface area contributed by atoms with Gasteiger partial charge in [0.05, 0.1) is 7.11 Å². The highest BCUT2D eigenvalue weighted by molar-refractivity contribution is 7.14. The van der Waals surface area contributed by atoms with Crippen molar-refractivity contribution in [3.8, 4) is 5.75 Å². The highest BCUT2D eigenvalue weighted by Gasteiger charge is 2.45. The maximum Gasteiger partial charge on any atom is 0.357 e. The number of benzene rings is 2. The summed E-state index contributed by atoms with van der Waals surface area (Å²) in [6.07, 6.45) is 0.0728. The number of methoxy groups -OCH3 is 1. The molecule has 4 amide bonds. The van der Waals surface area contributed by atoms with Crippen LogP contribution in [0.2, 0.25) is 0 Å². The number of amides is 4. The maximum absolute atomic E-state index is 13.3. The van der Waals surface area contributed by atoms with Gasteiger partial charge in [-0.1, -0.05) is 42.5 Å². The van der Waals surface area contributed by atoms with E-state index in [0.717, 1.165) is 21.8 Å². The molecule has 0 radical (unpaired) electrons. The van der Waals surface area contributed by atoms with E-state index < -0.39 is 35.9 Å². The normalized spacial score (nSPS) is 16.1. The predicted octanol–water partition coefficient (Wildman–Crippen LogP) is 2.48. The lowest BCUT2D eigenvalue weighted by atomic mass is 10.0. The van der Waals surface area contributed by atoms with Crippen LogP contribution in [0.1, 0.15) is 27.7 Å². The van der Waals surface area contributed by atoms with E-state index in [0.29, 0.717) is 5.56 Å². The first-order chi connectivity index (χ1) is 16.4. The molecule has 34 heavy (non-hydrogen) atoms. The van der Waals surface area contributed by atoms with Crippen molar-refractivity contribution < 1.29 is 29.0 Å². The Bertz CT molecular complexity index is 1230. The van der Waals surface area contributed by atoms with Crippen LogP contribution in [0, 0.1) is 0 Å². The van der Waals surface area contributed by atoms with Crippen LogP contribution in [0.4, 0.5) is 9.93 Å². The van der Waals surface area contributed by atoms with E-state index >= 15 is 0 Å². The Hall–Kier alpha value is -4.25. The number of aromatic hydroxyl groups is 1. The minimum atomic E-state index is -1.18. The number of esters is 1. The lowest BCUT2D eigenvalue weighted by Gasteiger charge is -2.24. The van der Waals surface area contributed by atoms with Crippen molar-refractivity contribution in [3.63, 3.8) is 0 Å².